The predicted octanol–water partition coefficient (Wildman–Crippen LogP) is 2.33. The van der Waals surface area contributed by atoms with Crippen LogP contribution >= 0.6 is 0 Å². The zero-order valence-electron chi connectivity index (χ0n) is 13.8. The molecule has 2 aromatic rings. The molecule has 0 aromatic heterocycles. The van der Waals surface area contributed by atoms with E-state index >= 15 is 0 Å². The molecule has 6 heteroatoms. The summed E-state index contributed by atoms with van der Waals surface area (Å²) in [5.74, 6) is -0.326. The summed E-state index contributed by atoms with van der Waals surface area (Å²) < 4.78 is 25.1. The fourth-order valence-corrected chi connectivity index (χ4v) is 3.09. The van der Waals surface area contributed by atoms with E-state index in [0.29, 0.717) is 0 Å². The lowest BCUT2D eigenvalue weighted by atomic mass is 10.1. The van der Waals surface area contributed by atoms with Crippen molar-refractivity contribution in [1.82, 2.24) is 9.62 Å². The van der Waals surface area contributed by atoms with E-state index in [9.17, 15) is 13.2 Å². The molecule has 0 fully saturated rings. The Balaban J connectivity index is 2.02. The minimum Gasteiger partial charge on any atom is -0.348 e. The topological polar surface area (TPSA) is 66.5 Å². The van der Waals surface area contributed by atoms with E-state index in [-0.39, 0.29) is 25.0 Å². The summed E-state index contributed by atoms with van der Waals surface area (Å²) in [6, 6.07) is 18.6. The van der Waals surface area contributed by atoms with Gasteiger partial charge < -0.3 is 5.32 Å². The molecule has 0 saturated carbocycles. The van der Waals surface area contributed by atoms with Gasteiger partial charge in [-0.15, -0.1) is 0 Å². The largest absolute Gasteiger partial charge is 0.348 e. The first-order valence-electron chi connectivity index (χ1n) is 7.69. The Morgan fingerprint density at radius 3 is 2.12 bits per heavy atom. The average Bonchev–Trinajstić information content (AvgIpc) is 2.55. The number of rotatable bonds is 7. The van der Waals surface area contributed by atoms with Crippen LogP contribution in [0.2, 0.25) is 0 Å². The van der Waals surface area contributed by atoms with E-state index in [2.05, 4.69) is 5.32 Å². The van der Waals surface area contributed by atoms with E-state index in [1.54, 1.807) is 0 Å². The number of carbonyl (C=O) groups is 1. The van der Waals surface area contributed by atoms with Gasteiger partial charge in [0.2, 0.25) is 15.9 Å². The van der Waals surface area contributed by atoms with Crippen molar-refractivity contribution < 1.29 is 13.2 Å². The second-order valence-corrected chi connectivity index (χ2v) is 7.70. The number of amides is 1. The minimum absolute atomic E-state index is 0.173. The monoisotopic (exact) mass is 346 g/mol. The SMILES string of the molecule is C[C@H](NC(=O)CN(Cc1ccccc1)S(C)(=O)=O)c1ccccc1. The van der Waals surface area contributed by atoms with Gasteiger partial charge >= 0.3 is 0 Å². The maximum atomic E-state index is 12.3. The van der Waals surface area contributed by atoms with Gasteiger partial charge in [-0.25, -0.2) is 8.42 Å². The molecule has 0 aliphatic carbocycles. The number of carbonyl (C=O) groups excluding carboxylic acids is 1. The van der Waals surface area contributed by atoms with Crippen LogP contribution in [-0.4, -0.2) is 31.4 Å². The van der Waals surface area contributed by atoms with Gasteiger partial charge in [0, 0.05) is 6.54 Å². The van der Waals surface area contributed by atoms with Crippen LogP contribution in [0.25, 0.3) is 0 Å². The summed E-state index contributed by atoms with van der Waals surface area (Å²) in [7, 11) is -3.49. The third kappa shape index (κ3) is 5.47. The normalized spacial score (nSPS) is 12.8. The molecule has 2 aromatic carbocycles. The molecule has 0 spiro atoms. The highest BCUT2D eigenvalue weighted by molar-refractivity contribution is 7.88. The molecule has 0 aliphatic rings. The Hall–Kier alpha value is -2.18. The Kier molecular flexibility index (Phi) is 6.11. The molecule has 1 atom stereocenters. The van der Waals surface area contributed by atoms with Crippen molar-refractivity contribution in [2.75, 3.05) is 12.8 Å². The van der Waals surface area contributed by atoms with Gasteiger partial charge in [-0.1, -0.05) is 60.7 Å². The van der Waals surface area contributed by atoms with Gasteiger partial charge in [0.1, 0.15) is 0 Å². The quantitative estimate of drug-likeness (QED) is 0.837. The minimum atomic E-state index is -3.49. The molecule has 0 bridgehead atoms. The first kappa shape index (κ1) is 18.2. The molecular weight excluding hydrogens is 324 g/mol. The number of hydrogen-bond acceptors (Lipinski definition) is 3. The predicted molar refractivity (Wildman–Crippen MR) is 94.7 cm³/mol. The van der Waals surface area contributed by atoms with Gasteiger partial charge in [-0.05, 0) is 18.1 Å². The molecule has 0 unspecified atom stereocenters. The van der Waals surface area contributed by atoms with Gasteiger partial charge in [-0.2, -0.15) is 4.31 Å². The Morgan fingerprint density at radius 2 is 1.58 bits per heavy atom. The lowest BCUT2D eigenvalue weighted by Gasteiger charge is -2.21. The summed E-state index contributed by atoms with van der Waals surface area (Å²) in [6.07, 6.45) is 1.11. The van der Waals surface area contributed by atoms with Crippen LogP contribution in [0.1, 0.15) is 24.1 Å². The Bertz CT molecular complexity index is 761. The first-order chi connectivity index (χ1) is 11.4. The van der Waals surface area contributed by atoms with E-state index in [0.717, 1.165) is 17.4 Å². The molecule has 2 rings (SSSR count). The fourth-order valence-electron chi connectivity index (χ4n) is 2.35. The number of benzene rings is 2. The van der Waals surface area contributed by atoms with Crippen molar-refractivity contribution in [3.05, 3.63) is 71.8 Å². The van der Waals surface area contributed by atoms with E-state index in [4.69, 9.17) is 0 Å². The van der Waals surface area contributed by atoms with Crippen molar-refractivity contribution in [2.24, 2.45) is 0 Å². The van der Waals surface area contributed by atoms with Crippen molar-refractivity contribution in [3.63, 3.8) is 0 Å². The number of nitrogens with zero attached hydrogens (tertiary/aromatic N) is 1. The lowest BCUT2D eigenvalue weighted by Crippen LogP contribution is -2.40. The Labute approximate surface area is 143 Å². The van der Waals surface area contributed by atoms with Gasteiger partial charge in [0.15, 0.2) is 0 Å². The maximum absolute atomic E-state index is 12.3. The third-order valence-electron chi connectivity index (χ3n) is 3.67. The van der Waals surface area contributed by atoms with Crippen LogP contribution in [0.5, 0.6) is 0 Å². The molecule has 0 radical (unpaired) electrons. The average molecular weight is 346 g/mol. The van der Waals surface area contributed by atoms with Crippen molar-refractivity contribution in [1.29, 1.82) is 0 Å². The smallest absolute Gasteiger partial charge is 0.235 e. The summed E-state index contributed by atoms with van der Waals surface area (Å²) in [4.78, 5) is 12.3. The molecule has 1 N–H and O–H groups in total. The van der Waals surface area contributed by atoms with Crippen LogP contribution in [-0.2, 0) is 21.4 Å². The van der Waals surface area contributed by atoms with Gasteiger partial charge in [0.25, 0.3) is 0 Å². The van der Waals surface area contributed by atoms with Crippen LogP contribution in [0.15, 0.2) is 60.7 Å². The zero-order valence-corrected chi connectivity index (χ0v) is 14.7. The van der Waals surface area contributed by atoms with E-state index < -0.39 is 10.0 Å². The number of hydrogen-bond donors (Lipinski definition) is 1. The number of sulfonamides is 1. The maximum Gasteiger partial charge on any atom is 0.235 e. The summed E-state index contributed by atoms with van der Waals surface area (Å²) in [6.45, 7) is 1.84. The number of nitrogens with one attached hydrogen (secondary N) is 1. The molecular formula is C18H22N2O3S. The van der Waals surface area contributed by atoms with Gasteiger partial charge in [-0.3, -0.25) is 4.79 Å². The molecule has 5 nitrogen and oxygen atoms in total. The second kappa shape index (κ2) is 8.08. The standard InChI is InChI=1S/C18H22N2O3S/c1-15(17-11-7-4-8-12-17)19-18(21)14-20(24(2,22)23)13-16-9-5-3-6-10-16/h3-12,15H,13-14H2,1-2H3,(H,19,21)/t15-/m0/s1. The highest BCUT2D eigenvalue weighted by atomic mass is 32.2. The van der Waals surface area contributed by atoms with Crippen molar-refractivity contribution in [2.45, 2.75) is 19.5 Å². The highest BCUT2D eigenvalue weighted by Crippen LogP contribution is 2.12. The second-order valence-electron chi connectivity index (χ2n) is 5.72. The fraction of sp³-hybridized carbons (Fsp3) is 0.278. The third-order valence-corrected chi connectivity index (χ3v) is 4.86. The van der Waals surface area contributed by atoms with Crippen LogP contribution in [0, 0.1) is 0 Å². The molecule has 128 valence electrons. The van der Waals surface area contributed by atoms with E-state index in [1.807, 2.05) is 67.6 Å². The molecule has 1 amide bonds. The van der Waals surface area contributed by atoms with Gasteiger partial charge in [0.05, 0.1) is 18.8 Å². The lowest BCUT2D eigenvalue weighted by molar-refractivity contribution is -0.122. The van der Waals surface area contributed by atoms with Crippen LogP contribution < -0.4 is 5.32 Å². The molecule has 0 heterocycles. The molecule has 0 aliphatic heterocycles. The zero-order chi connectivity index (χ0) is 17.6. The first-order valence-corrected chi connectivity index (χ1v) is 9.54. The van der Waals surface area contributed by atoms with Crippen LogP contribution in [0.3, 0.4) is 0 Å². The summed E-state index contributed by atoms with van der Waals surface area (Å²) in [5, 5.41) is 2.84. The van der Waals surface area contributed by atoms with E-state index in [1.165, 1.54) is 4.31 Å². The highest BCUT2D eigenvalue weighted by Gasteiger charge is 2.21. The van der Waals surface area contributed by atoms with Crippen LogP contribution in [0.4, 0.5) is 0 Å². The summed E-state index contributed by atoms with van der Waals surface area (Å²) >= 11 is 0. The molecule has 24 heavy (non-hydrogen) atoms. The summed E-state index contributed by atoms with van der Waals surface area (Å²) in [5.41, 5.74) is 1.81. The van der Waals surface area contributed by atoms with Crippen molar-refractivity contribution in [3.8, 4) is 0 Å². The van der Waals surface area contributed by atoms with Crippen molar-refractivity contribution >= 4 is 15.9 Å². The molecule has 0 saturated heterocycles. The Morgan fingerprint density at radius 1 is 1.04 bits per heavy atom.